The van der Waals surface area contributed by atoms with Gasteiger partial charge < -0.3 is 8.86 Å². The molecule has 3 nitrogen and oxygen atoms in total. The number of para-hydroxylation sites is 1. The van der Waals surface area contributed by atoms with Crippen LogP contribution in [0.3, 0.4) is 0 Å². The summed E-state index contributed by atoms with van der Waals surface area (Å²) >= 11 is -2.18. The van der Waals surface area contributed by atoms with E-state index in [0.29, 0.717) is 5.69 Å². The van der Waals surface area contributed by atoms with Crippen molar-refractivity contribution < 1.29 is 8.76 Å². The molecule has 1 atom stereocenters. The average Bonchev–Trinajstić information content (AvgIpc) is 2.21. The van der Waals surface area contributed by atoms with E-state index in [-0.39, 0.29) is 0 Å². The first-order valence-electron chi connectivity index (χ1n) is 4.10. The number of rotatable bonds is 2. The zero-order valence-corrected chi connectivity index (χ0v) is 8.88. The van der Waals surface area contributed by atoms with Crippen molar-refractivity contribution in [3.63, 3.8) is 0 Å². The van der Waals surface area contributed by atoms with Gasteiger partial charge in [-0.25, -0.2) is 0 Å². The summed E-state index contributed by atoms with van der Waals surface area (Å²) in [6.45, 7) is 4.00. The highest BCUT2D eigenvalue weighted by Crippen LogP contribution is 2.11. The average molecular weight is 200 g/mol. The summed E-state index contributed by atoms with van der Waals surface area (Å²) in [5, 5.41) is 0. The third-order valence-corrected chi connectivity index (χ3v) is 2.00. The lowest BCUT2D eigenvalue weighted by molar-refractivity contribution is 0.535. The minimum absolute atomic E-state index is 0.667. The number of benzene rings is 1. The van der Waals surface area contributed by atoms with Crippen LogP contribution in [0.5, 0.6) is 0 Å². The molecule has 0 N–H and O–H groups in total. The number of anilines is 1. The van der Waals surface area contributed by atoms with Gasteiger partial charge in [0.05, 0.1) is 0 Å². The zero-order valence-electron chi connectivity index (χ0n) is 8.06. The highest BCUT2D eigenvalue weighted by molar-refractivity contribution is 7.80. The maximum Gasteiger partial charge on any atom is 0.0479 e. The second kappa shape index (κ2) is 6.62. The molecule has 1 aromatic carbocycles. The topological polar surface area (TPSA) is 43.4 Å². The SMILES string of the molecule is CC.CN(c1ccccc1)S(=O)[O-]. The minimum atomic E-state index is -2.18. The van der Waals surface area contributed by atoms with Crippen LogP contribution in [-0.4, -0.2) is 15.8 Å². The summed E-state index contributed by atoms with van der Waals surface area (Å²) in [5.41, 5.74) is 0.667. The summed E-state index contributed by atoms with van der Waals surface area (Å²) in [6.07, 6.45) is 0. The van der Waals surface area contributed by atoms with Gasteiger partial charge in [0.15, 0.2) is 0 Å². The lowest BCUT2D eigenvalue weighted by Crippen LogP contribution is -2.18. The molecule has 0 bridgehead atoms. The predicted molar refractivity (Wildman–Crippen MR) is 55.1 cm³/mol. The van der Waals surface area contributed by atoms with Crippen LogP contribution < -0.4 is 4.31 Å². The van der Waals surface area contributed by atoms with E-state index in [0.717, 1.165) is 0 Å². The van der Waals surface area contributed by atoms with Gasteiger partial charge in [0, 0.05) is 24.0 Å². The summed E-state index contributed by atoms with van der Waals surface area (Å²) in [5.74, 6) is 0. The maximum atomic E-state index is 10.4. The Balaban J connectivity index is 0.000000671. The van der Waals surface area contributed by atoms with Crippen molar-refractivity contribution in [2.75, 3.05) is 11.4 Å². The molecule has 0 aliphatic carbocycles. The van der Waals surface area contributed by atoms with E-state index in [1.54, 1.807) is 24.3 Å². The minimum Gasteiger partial charge on any atom is -0.755 e. The van der Waals surface area contributed by atoms with Crippen molar-refractivity contribution in [3.8, 4) is 0 Å². The summed E-state index contributed by atoms with van der Waals surface area (Å²) in [6, 6.07) is 8.88. The quantitative estimate of drug-likeness (QED) is 0.685. The fraction of sp³-hybridized carbons (Fsp3) is 0.333. The Kier molecular flexibility index (Phi) is 6.18. The molecule has 1 rings (SSSR count). The first-order chi connectivity index (χ1) is 6.22. The van der Waals surface area contributed by atoms with Gasteiger partial charge >= 0.3 is 0 Å². The first-order valence-corrected chi connectivity index (χ1v) is 5.13. The highest BCUT2D eigenvalue weighted by Gasteiger charge is 1.96. The van der Waals surface area contributed by atoms with Crippen LogP contribution in [0, 0.1) is 0 Å². The third-order valence-electron chi connectivity index (χ3n) is 1.34. The molecule has 0 saturated heterocycles. The van der Waals surface area contributed by atoms with E-state index < -0.39 is 11.3 Å². The number of hydrogen-bond donors (Lipinski definition) is 0. The Bertz CT molecular complexity index is 251. The van der Waals surface area contributed by atoms with Gasteiger partial charge in [0.25, 0.3) is 0 Å². The van der Waals surface area contributed by atoms with E-state index in [1.165, 1.54) is 11.4 Å². The molecule has 4 heteroatoms. The molecule has 0 aliphatic rings. The third kappa shape index (κ3) is 4.05. The molecule has 0 aliphatic heterocycles. The second-order valence-corrected chi connectivity index (χ2v) is 3.03. The molecular formula is C9H14NO2S-. The second-order valence-electron chi connectivity index (χ2n) is 2.05. The molecule has 0 fully saturated rings. The summed E-state index contributed by atoms with van der Waals surface area (Å²) < 4.78 is 22.0. The molecule has 0 spiro atoms. The lowest BCUT2D eigenvalue weighted by atomic mass is 10.3. The van der Waals surface area contributed by atoms with Gasteiger partial charge in [0.2, 0.25) is 0 Å². The Morgan fingerprint density at radius 2 is 1.69 bits per heavy atom. The molecule has 1 aromatic rings. The smallest absolute Gasteiger partial charge is 0.0479 e. The standard InChI is InChI=1S/C7H9NO2S.C2H6/c1-8(11(9)10)7-5-3-2-4-6-7;1-2/h2-6H,1H3,(H,9,10);1-2H3/p-1. The maximum absolute atomic E-state index is 10.4. The Morgan fingerprint density at radius 1 is 1.23 bits per heavy atom. The Hall–Kier alpha value is -0.870. The van der Waals surface area contributed by atoms with Gasteiger partial charge in [0.1, 0.15) is 0 Å². The summed E-state index contributed by atoms with van der Waals surface area (Å²) in [7, 11) is 1.50. The molecule has 0 amide bonds. The molecule has 74 valence electrons. The van der Waals surface area contributed by atoms with Crippen molar-refractivity contribution in [2.24, 2.45) is 0 Å². The molecular weight excluding hydrogens is 186 g/mol. The van der Waals surface area contributed by atoms with E-state index in [1.807, 2.05) is 19.9 Å². The fourth-order valence-electron chi connectivity index (χ4n) is 0.724. The van der Waals surface area contributed by atoms with Gasteiger partial charge in [-0.1, -0.05) is 32.0 Å². The molecule has 13 heavy (non-hydrogen) atoms. The molecule has 0 heterocycles. The Labute approximate surface area is 81.8 Å². The van der Waals surface area contributed by atoms with Crippen LogP contribution in [-0.2, 0) is 11.3 Å². The van der Waals surface area contributed by atoms with Crippen molar-refractivity contribution in [3.05, 3.63) is 30.3 Å². The zero-order chi connectivity index (χ0) is 10.3. The fourth-order valence-corrected chi connectivity index (χ4v) is 1.02. The highest BCUT2D eigenvalue weighted by atomic mass is 32.2. The largest absolute Gasteiger partial charge is 0.755 e. The van der Waals surface area contributed by atoms with E-state index in [9.17, 15) is 8.76 Å². The molecule has 0 aromatic heterocycles. The summed E-state index contributed by atoms with van der Waals surface area (Å²) in [4.78, 5) is 0. The monoisotopic (exact) mass is 200 g/mol. The van der Waals surface area contributed by atoms with E-state index in [2.05, 4.69) is 0 Å². The van der Waals surface area contributed by atoms with Crippen LogP contribution >= 0.6 is 0 Å². The number of nitrogens with zero attached hydrogens (tertiary/aromatic N) is 1. The van der Waals surface area contributed by atoms with Gasteiger partial charge in [-0.15, -0.1) is 0 Å². The van der Waals surface area contributed by atoms with Crippen LogP contribution in [0.4, 0.5) is 5.69 Å². The van der Waals surface area contributed by atoms with Crippen LogP contribution in [0.1, 0.15) is 13.8 Å². The first kappa shape index (κ1) is 12.1. The van der Waals surface area contributed by atoms with Crippen molar-refractivity contribution in [1.29, 1.82) is 0 Å². The number of hydrogen-bond acceptors (Lipinski definition) is 2. The van der Waals surface area contributed by atoms with Crippen molar-refractivity contribution in [1.82, 2.24) is 0 Å². The Morgan fingerprint density at radius 3 is 2.08 bits per heavy atom. The molecule has 1 unspecified atom stereocenters. The van der Waals surface area contributed by atoms with Gasteiger partial charge in [-0.3, -0.25) is 4.21 Å². The lowest BCUT2D eigenvalue weighted by Gasteiger charge is -2.20. The molecule has 0 radical (unpaired) electrons. The van der Waals surface area contributed by atoms with Crippen molar-refractivity contribution in [2.45, 2.75) is 13.8 Å². The molecule has 0 saturated carbocycles. The van der Waals surface area contributed by atoms with Crippen LogP contribution in [0.2, 0.25) is 0 Å². The van der Waals surface area contributed by atoms with Gasteiger partial charge in [-0.05, 0) is 12.1 Å². The van der Waals surface area contributed by atoms with Crippen molar-refractivity contribution >= 4 is 17.0 Å². The van der Waals surface area contributed by atoms with Crippen LogP contribution in [0.15, 0.2) is 30.3 Å². The van der Waals surface area contributed by atoms with E-state index in [4.69, 9.17) is 0 Å². The van der Waals surface area contributed by atoms with Gasteiger partial charge in [-0.2, -0.15) is 0 Å². The van der Waals surface area contributed by atoms with E-state index >= 15 is 0 Å². The normalized spacial score (nSPS) is 11.1. The predicted octanol–water partition coefficient (Wildman–Crippen LogP) is 1.94. The van der Waals surface area contributed by atoms with Crippen LogP contribution in [0.25, 0.3) is 0 Å².